The maximum atomic E-state index is 12.0. The van der Waals surface area contributed by atoms with Gasteiger partial charge in [0.25, 0.3) is 5.91 Å². The molecule has 2 aromatic rings. The van der Waals surface area contributed by atoms with Crippen LogP contribution in [0.3, 0.4) is 0 Å². The van der Waals surface area contributed by atoms with Crippen LogP contribution in [0.15, 0.2) is 42.5 Å². The average molecular weight is 351 g/mol. The second kappa shape index (κ2) is 7.21. The number of nitrogens with one attached hydrogen (secondary N) is 2. The fourth-order valence-corrected chi connectivity index (χ4v) is 2.90. The standard InChI is InChI=1S/C17H16Cl2N2O2/c18-13-3-1-4-14(19)16(13)20-11-6-8-12(9-7-11)21-17(22)15-5-2-10-23-15/h1,3-4,6-9,15,20H,2,5,10H2,(H,21,22). The van der Waals surface area contributed by atoms with Crippen LogP contribution in [-0.4, -0.2) is 18.6 Å². The van der Waals surface area contributed by atoms with Crippen LogP contribution in [0.4, 0.5) is 17.1 Å². The lowest BCUT2D eigenvalue weighted by molar-refractivity contribution is -0.124. The largest absolute Gasteiger partial charge is 0.368 e. The molecule has 0 aliphatic carbocycles. The van der Waals surface area contributed by atoms with Crippen LogP contribution in [0, 0.1) is 0 Å². The number of hydrogen-bond acceptors (Lipinski definition) is 3. The third-order valence-corrected chi connectivity index (χ3v) is 4.24. The number of carbonyl (C=O) groups excluding carboxylic acids is 1. The van der Waals surface area contributed by atoms with Gasteiger partial charge in [-0.05, 0) is 49.2 Å². The molecule has 1 amide bonds. The molecule has 0 bridgehead atoms. The number of hydrogen-bond donors (Lipinski definition) is 2. The van der Waals surface area contributed by atoms with E-state index in [9.17, 15) is 4.79 Å². The van der Waals surface area contributed by atoms with Crippen LogP contribution in [0.5, 0.6) is 0 Å². The van der Waals surface area contributed by atoms with E-state index in [1.165, 1.54) is 0 Å². The fraction of sp³-hybridized carbons (Fsp3) is 0.235. The van der Waals surface area contributed by atoms with E-state index in [2.05, 4.69) is 10.6 Å². The summed E-state index contributed by atoms with van der Waals surface area (Å²) >= 11 is 12.3. The number of amides is 1. The first-order valence-electron chi connectivity index (χ1n) is 7.37. The zero-order valence-electron chi connectivity index (χ0n) is 12.3. The van der Waals surface area contributed by atoms with Gasteiger partial charge < -0.3 is 15.4 Å². The Morgan fingerprint density at radius 1 is 1.04 bits per heavy atom. The SMILES string of the molecule is O=C(Nc1ccc(Nc2c(Cl)cccc2Cl)cc1)C1CCCO1. The first-order valence-corrected chi connectivity index (χ1v) is 8.12. The number of ether oxygens (including phenoxy) is 1. The first-order chi connectivity index (χ1) is 11.1. The molecule has 1 aliphatic rings. The van der Waals surface area contributed by atoms with E-state index in [1.807, 2.05) is 24.3 Å². The van der Waals surface area contributed by atoms with Crippen LogP contribution in [0.25, 0.3) is 0 Å². The van der Waals surface area contributed by atoms with Gasteiger partial charge in [-0.25, -0.2) is 0 Å². The molecule has 1 saturated heterocycles. The van der Waals surface area contributed by atoms with E-state index in [0.717, 1.165) is 24.2 Å². The lowest BCUT2D eigenvalue weighted by Crippen LogP contribution is -2.26. The van der Waals surface area contributed by atoms with Crippen LogP contribution in [0.2, 0.25) is 10.0 Å². The third-order valence-electron chi connectivity index (χ3n) is 3.61. The van der Waals surface area contributed by atoms with Crippen molar-refractivity contribution in [2.45, 2.75) is 18.9 Å². The summed E-state index contributed by atoms with van der Waals surface area (Å²) in [5, 5.41) is 7.13. The number of rotatable bonds is 4. The van der Waals surface area contributed by atoms with Gasteiger partial charge in [0.05, 0.1) is 15.7 Å². The van der Waals surface area contributed by atoms with Crippen molar-refractivity contribution in [3.05, 3.63) is 52.5 Å². The van der Waals surface area contributed by atoms with E-state index >= 15 is 0 Å². The monoisotopic (exact) mass is 350 g/mol. The average Bonchev–Trinajstić information content (AvgIpc) is 3.07. The Hall–Kier alpha value is -1.75. The molecule has 2 aromatic carbocycles. The molecule has 1 unspecified atom stereocenters. The molecule has 1 fully saturated rings. The molecule has 0 aromatic heterocycles. The van der Waals surface area contributed by atoms with E-state index in [1.54, 1.807) is 18.2 Å². The Morgan fingerprint density at radius 3 is 2.30 bits per heavy atom. The highest BCUT2D eigenvalue weighted by molar-refractivity contribution is 6.39. The number of benzene rings is 2. The molecule has 1 heterocycles. The van der Waals surface area contributed by atoms with Gasteiger partial charge in [-0.1, -0.05) is 29.3 Å². The molecule has 3 rings (SSSR count). The minimum Gasteiger partial charge on any atom is -0.368 e. The number of halogens is 2. The Morgan fingerprint density at radius 2 is 1.70 bits per heavy atom. The van der Waals surface area contributed by atoms with Crippen LogP contribution >= 0.6 is 23.2 Å². The zero-order valence-corrected chi connectivity index (χ0v) is 13.8. The topological polar surface area (TPSA) is 50.4 Å². The second-order valence-electron chi connectivity index (χ2n) is 5.29. The molecule has 0 saturated carbocycles. The minimum atomic E-state index is -0.338. The quantitative estimate of drug-likeness (QED) is 0.828. The Labute approximate surface area is 144 Å². The number of carbonyl (C=O) groups is 1. The van der Waals surface area contributed by atoms with E-state index in [4.69, 9.17) is 27.9 Å². The molecule has 1 atom stereocenters. The normalized spacial score (nSPS) is 17.0. The smallest absolute Gasteiger partial charge is 0.253 e. The van der Waals surface area contributed by atoms with Crippen molar-refractivity contribution in [1.82, 2.24) is 0 Å². The van der Waals surface area contributed by atoms with Gasteiger partial charge >= 0.3 is 0 Å². The van der Waals surface area contributed by atoms with Gasteiger partial charge in [0.2, 0.25) is 0 Å². The molecular weight excluding hydrogens is 335 g/mol. The van der Waals surface area contributed by atoms with Crippen molar-refractivity contribution in [2.75, 3.05) is 17.2 Å². The lowest BCUT2D eigenvalue weighted by atomic mass is 10.2. The molecule has 1 aliphatic heterocycles. The van der Waals surface area contributed by atoms with Crippen molar-refractivity contribution in [1.29, 1.82) is 0 Å². The lowest BCUT2D eigenvalue weighted by Gasteiger charge is -2.12. The van der Waals surface area contributed by atoms with Gasteiger partial charge in [0.15, 0.2) is 0 Å². The maximum Gasteiger partial charge on any atom is 0.253 e. The van der Waals surface area contributed by atoms with Gasteiger partial charge in [-0.15, -0.1) is 0 Å². The maximum absolute atomic E-state index is 12.0. The highest BCUT2D eigenvalue weighted by Crippen LogP contribution is 2.32. The molecular formula is C17H16Cl2N2O2. The zero-order chi connectivity index (χ0) is 16.2. The summed E-state index contributed by atoms with van der Waals surface area (Å²) < 4.78 is 5.36. The van der Waals surface area contributed by atoms with Crippen molar-refractivity contribution in [3.8, 4) is 0 Å². The second-order valence-corrected chi connectivity index (χ2v) is 6.10. The predicted octanol–water partition coefficient (Wildman–Crippen LogP) is 4.85. The number of anilines is 3. The molecule has 0 spiro atoms. The predicted molar refractivity (Wildman–Crippen MR) is 93.8 cm³/mol. The Kier molecular flexibility index (Phi) is 5.06. The van der Waals surface area contributed by atoms with Crippen LogP contribution in [0.1, 0.15) is 12.8 Å². The van der Waals surface area contributed by atoms with Gasteiger partial charge in [-0.3, -0.25) is 4.79 Å². The Bertz CT molecular complexity index is 678. The summed E-state index contributed by atoms with van der Waals surface area (Å²) in [6.45, 7) is 0.652. The van der Waals surface area contributed by atoms with E-state index in [-0.39, 0.29) is 12.0 Å². The third kappa shape index (κ3) is 3.96. The molecule has 6 heteroatoms. The molecule has 4 nitrogen and oxygen atoms in total. The molecule has 23 heavy (non-hydrogen) atoms. The minimum absolute atomic E-state index is 0.0997. The number of para-hydroxylation sites is 1. The Balaban J connectivity index is 1.66. The fourth-order valence-electron chi connectivity index (χ4n) is 2.41. The highest BCUT2D eigenvalue weighted by atomic mass is 35.5. The molecule has 120 valence electrons. The highest BCUT2D eigenvalue weighted by Gasteiger charge is 2.23. The van der Waals surface area contributed by atoms with Gasteiger partial charge in [-0.2, -0.15) is 0 Å². The van der Waals surface area contributed by atoms with E-state index < -0.39 is 0 Å². The van der Waals surface area contributed by atoms with Crippen LogP contribution in [-0.2, 0) is 9.53 Å². The van der Waals surface area contributed by atoms with E-state index in [0.29, 0.717) is 22.3 Å². The summed E-state index contributed by atoms with van der Waals surface area (Å²) in [6.07, 6.45) is 1.37. The van der Waals surface area contributed by atoms with Crippen molar-refractivity contribution in [2.24, 2.45) is 0 Å². The summed E-state index contributed by atoms with van der Waals surface area (Å²) in [5.74, 6) is -0.0997. The van der Waals surface area contributed by atoms with Gasteiger partial charge in [0.1, 0.15) is 6.10 Å². The summed E-state index contributed by atoms with van der Waals surface area (Å²) in [5.41, 5.74) is 2.21. The van der Waals surface area contributed by atoms with Crippen molar-refractivity contribution >= 4 is 46.2 Å². The van der Waals surface area contributed by atoms with Crippen LogP contribution < -0.4 is 10.6 Å². The van der Waals surface area contributed by atoms with Gasteiger partial charge in [0, 0.05) is 18.0 Å². The first kappa shape index (κ1) is 16.1. The molecule has 2 N–H and O–H groups in total. The summed E-state index contributed by atoms with van der Waals surface area (Å²) in [4.78, 5) is 12.0. The molecule has 0 radical (unpaired) electrons. The summed E-state index contributed by atoms with van der Waals surface area (Å²) in [7, 11) is 0. The van der Waals surface area contributed by atoms with Crippen molar-refractivity contribution < 1.29 is 9.53 Å². The van der Waals surface area contributed by atoms with Crippen molar-refractivity contribution in [3.63, 3.8) is 0 Å². The summed E-state index contributed by atoms with van der Waals surface area (Å²) in [6, 6.07) is 12.7.